The molecule has 0 radical (unpaired) electrons. The number of aromatic nitrogens is 6. The Balaban J connectivity index is 1.17. The molecule has 12 bridgehead atoms. The van der Waals surface area contributed by atoms with Crippen molar-refractivity contribution in [1.82, 2.24) is 29.9 Å². The number of rotatable bonds is 4. The van der Waals surface area contributed by atoms with Crippen LogP contribution in [0.4, 0.5) is 0 Å². The van der Waals surface area contributed by atoms with Gasteiger partial charge in [0.15, 0.2) is 34.2 Å². The number of fused-ring (bicyclic) bond motifs is 18. The molecule has 3 aromatic heterocycles. The second-order valence-electron chi connectivity index (χ2n) is 14.8. The van der Waals surface area contributed by atoms with Crippen molar-refractivity contribution in [3.63, 3.8) is 0 Å². The van der Waals surface area contributed by atoms with Gasteiger partial charge in [-0.2, -0.15) is 0 Å². The summed E-state index contributed by atoms with van der Waals surface area (Å²) in [6.45, 7) is 0. The zero-order chi connectivity index (χ0) is 39.8. The SMILES string of the molecule is c1ccc(-c2ccc(-c3nc4nc(n3)c3cccc(c3)c3cccc(c3)c3nc(-c5ccc(-c6ccccc6)cc5)nc(n3)c3cccc(c3)c3cccc4c3)cc2)cc1. The molecular formula is C54H34N6. The molecule has 0 N–H and O–H groups in total. The molecule has 8 aromatic carbocycles. The smallest absolute Gasteiger partial charge is 0.164 e. The van der Waals surface area contributed by atoms with E-state index in [1.165, 1.54) is 0 Å². The Hall–Kier alpha value is -8.22. The molecular weight excluding hydrogens is 733 g/mol. The molecule has 6 nitrogen and oxygen atoms in total. The van der Waals surface area contributed by atoms with Gasteiger partial charge in [-0.25, -0.2) is 29.9 Å². The summed E-state index contributed by atoms with van der Waals surface area (Å²) >= 11 is 0. The number of benzene rings is 8. The highest BCUT2D eigenvalue weighted by molar-refractivity contribution is 5.97. The summed E-state index contributed by atoms with van der Waals surface area (Å²) in [7, 11) is 0. The maximum atomic E-state index is 5.12. The van der Waals surface area contributed by atoms with Crippen LogP contribution >= 0.6 is 0 Å². The lowest BCUT2D eigenvalue weighted by atomic mass is 10.0. The van der Waals surface area contributed by atoms with Crippen LogP contribution in [0.25, 0.3) is 111 Å². The van der Waals surface area contributed by atoms with Crippen molar-refractivity contribution >= 4 is 65.7 Å². The third kappa shape index (κ3) is 6.82. The Morgan fingerprint density at radius 1 is 0.183 bits per heavy atom. The van der Waals surface area contributed by atoms with Crippen LogP contribution in [0.15, 0.2) is 206 Å². The van der Waals surface area contributed by atoms with Gasteiger partial charge in [-0.1, -0.05) is 182 Å². The normalized spacial score (nSPS) is 11.3. The van der Waals surface area contributed by atoms with E-state index in [2.05, 4.69) is 194 Å². The third-order valence-corrected chi connectivity index (χ3v) is 10.9. The summed E-state index contributed by atoms with van der Waals surface area (Å²) in [4.78, 5) is 30.7. The first-order chi connectivity index (χ1) is 29.7. The second-order valence-corrected chi connectivity index (χ2v) is 14.8. The molecule has 0 aliphatic carbocycles. The number of hydrogen-bond donors (Lipinski definition) is 0. The molecule has 0 amide bonds. The fourth-order valence-electron chi connectivity index (χ4n) is 7.76. The van der Waals surface area contributed by atoms with E-state index in [4.69, 9.17) is 29.9 Å². The Kier molecular flexibility index (Phi) is 8.71. The summed E-state index contributed by atoms with van der Waals surface area (Å²) in [5, 5.41) is 7.63. The van der Waals surface area contributed by atoms with E-state index in [-0.39, 0.29) is 0 Å². The first-order valence-corrected chi connectivity index (χ1v) is 19.9. The molecule has 0 spiro atoms. The summed E-state index contributed by atoms with van der Waals surface area (Å²) in [6.07, 6.45) is 0. The zero-order valence-electron chi connectivity index (χ0n) is 32.3. The molecule has 0 aliphatic heterocycles. The zero-order valence-corrected chi connectivity index (χ0v) is 32.3. The van der Waals surface area contributed by atoms with Crippen molar-refractivity contribution < 1.29 is 0 Å². The minimum atomic E-state index is 0.596. The van der Waals surface area contributed by atoms with Crippen molar-refractivity contribution in [3.05, 3.63) is 206 Å². The van der Waals surface area contributed by atoms with Crippen molar-refractivity contribution in [3.8, 4) is 45.0 Å². The largest absolute Gasteiger partial charge is 0.208 e. The molecule has 0 saturated carbocycles. The summed E-state index contributed by atoms with van der Waals surface area (Å²) in [5.41, 5.74) is 8.79. The number of hydrogen-bond acceptors (Lipinski definition) is 6. The molecule has 0 aliphatic rings. The van der Waals surface area contributed by atoms with E-state index in [1.807, 2.05) is 12.1 Å². The third-order valence-electron chi connectivity index (χ3n) is 10.9. The molecule has 3 heterocycles. The predicted octanol–water partition coefficient (Wildman–Crippen LogP) is 13.3. The number of nitrogens with zero attached hydrogens (tertiary/aromatic N) is 6. The van der Waals surface area contributed by atoms with Crippen molar-refractivity contribution in [2.45, 2.75) is 0 Å². The van der Waals surface area contributed by atoms with E-state index < -0.39 is 0 Å². The van der Waals surface area contributed by atoms with Crippen LogP contribution in [-0.4, -0.2) is 29.9 Å². The molecule has 280 valence electrons. The Labute approximate surface area is 345 Å². The average Bonchev–Trinajstić information content (AvgIpc) is 3.34. The van der Waals surface area contributed by atoms with Crippen LogP contribution in [-0.2, 0) is 0 Å². The van der Waals surface area contributed by atoms with Crippen LogP contribution in [0.2, 0.25) is 0 Å². The van der Waals surface area contributed by atoms with Crippen molar-refractivity contribution in [2.75, 3.05) is 0 Å². The van der Waals surface area contributed by atoms with E-state index in [1.54, 1.807) is 0 Å². The summed E-state index contributed by atoms with van der Waals surface area (Å²) in [6, 6.07) is 71.1. The maximum Gasteiger partial charge on any atom is 0.164 e. The van der Waals surface area contributed by atoms with Gasteiger partial charge in [0, 0.05) is 32.7 Å². The maximum absolute atomic E-state index is 5.12. The van der Waals surface area contributed by atoms with Crippen LogP contribution < -0.4 is 0 Å². The van der Waals surface area contributed by atoms with Crippen LogP contribution in [0.5, 0.6) is 0 Å². The van der Waals surface area contributed by atoms with Gasteiger partial charge in [-0.3, -0.25) is 0 Å². The molecule has 11 aromatic rings. The van der Waals surface area contributed by atoms with E-state index >= 15 is 0 Å². The Morgan fingerprint density at radius 3 is 0.733 bits per heavy atom. The van der Waals surface area contributed by atoms with E-state index in [9.17, 15) is 0 Å². The van der Waals surface area contributed by atoms with Gasteiger partial charge < -0.3 is 0 Å². The molecule has 6 heteroatoms. The lowest BCUT2D eigenvalue weighted by molar-refractivity contribution is 1.18. The molecule has 0 fully saturated rings. The van der Waals surface area contributed by atoms with Crippen LogP contribution in [0, 0.1) is 0 Å². The Bertz CT molecular complexity index is 3130. The van der Waals surface area contributed by atoms with Gasteiger partial charge >= 0.3 is 0 Å². The van der Waals surface area contributed by atoms with Gasteiger partial charge in [0.25, 0.3) is 0 Å². The minimum Gasteiger partial charge on any atom is -0.208 e. The summed E-state index contributed by atoms with van der Waals surface area (Å²) in [5.74, 6) is 1.21. The molecule has 0 unspecified atom stereocenters. The van der Waals surface area contributed by atoms with Gasteiger partial charge in [0.05, 0.1) is 0 Å². The lowest BCUT2D eigenvalue weighted by Crippen LogP contribution is -1.95. The molecule has 11 rings (SSSR count). The monoisotopic (exact) mass is 766 g/mol. The van der Waals surface area contributed by atoms with Crippen LogP contribution in [0.1, 0.15) is 0 Å². The second kappa shape index (κ2) is 14.9. The fourth-order valence-corrected chi connectivity index (χ4v) is 7.76. The highest BCUT2D eigenvalue weighted by Gasteiger charge is 2.10. The summed E-state index contributed by atoms with van der Waals surface area (Å²) < 4.78 is 0. The molecule has 0 saturated heterocycles. The van der Waals surface area contributed by atoms with E-state index in [0.717, 1.165) is 76.5 Å². The quantitative estimate of drug-likeness (QED) is 0.177. The first kappa shape index (κ1) is 35.0. The van der Waals surface area contributed by atoms with Gasteiger partial charge in [0.1, 0.15) is 0 Å². The average molecular weight is 767 g/mol. The van der Waals surface area contributed by atoms with Gasteiger partial charge in [-0.05, 0) is 68.1 Å². The van der Waals surface area contributed by atoms with Gasteiger partial charge in [-0.15, -0.1) is 0 Å². The van der Waals surface area contributed by atoms with Gasteiger partial charge in [0.2, 0.25) is 0 Å². The fraction of sp³-hybridized carbons (Fsp3) is 0. The highest BCUT2D eigenvalue weighted by Crippen LogP contribution is 2.28. The first-order valence-electron chi connectivity index (χ1n) is 19.9. The molecule has 60 heavy (non-hydrogen) atoms. The lowest BCUT2D eigenvalue weighted by Gasteiger charge is -2.06. The van der Waals surface area contributed by atoms with Crippen molar-refractivity contribution in [2.24, 2.45) is 0 Å². The predicted molar refractivity (Wildman–Crippen MR) is 246 cm³/mol. The highest BCUT2D eigenvalue weighted by atomic mass is 15.0. The standard InChI is InChI=1S/C54H34N6/c1-3-11-35(12-4-1)37-23-27-39(28-24-37)49-55-51-45-19-7-15-41(31-45)43-17-9-21-47(33-43)53-57-50(40-29-25-38(26-30-40)36-13-5-2-6-14-36)58-54(60-53)48-22-10-18-44(34-48)42-16-8-20-46(32-42)52(56-49)59-51/h1-34H. The minimum absolute atomic E-state index is 0.596. The van der Waals surface area contributed by atoms with Crippen LogP contribution in [0.3, 0.4) is 0 Å². The topological polar surface area (TPSA) is 77.3 Å². The molecule has 0 atom stereocenters. The van der Waals surface area contributed by atoms with E-state index in [0.29, 0.717) is 34.2 Å². The van der Waals surface area contributed by atoms with Crippen molar-refractivity contribution in [1.29, 1.82) is 0 Å². The Morgan fingerprint density at radius 2 is 0.433 bits per heavy atom.